The van der Waals surface area contributed by atoms with E-state index in [9.17, 15) is 4.79 Å². The largest absolute Gasteiger partial charge is 0.509 e. The minimum Gasteiger partial charge on any atom is -0.497 e. The van der Waals surface area contributed by atoms with Crippen LogP contribution in [-0.2, 0) is 9.47 Å². The maximum atomic E-state index is 11.1. The molecule has 90 valence electrons. The number of hydrogen-bond acceptors (Lipinski definition) is 5. The summed E-state index contributed by atoms with van der Waals surface area (Å²) in [5.74, 6) is 0.668. The van der Waals surface area contributed by atoms with E-state index in [0.717, 1.165) is 0 Å². The van der Waals surface area contributed by atoms with Crippen LogP contribution in [0.2, 0.25) is 0 Å². The van der Waals surface area contributed by atoms with Gasteiger partial charge in [0.15, 0.2) is 0 Å². The quantitative estimate of drug-likeness (QED) is 0.749. The average molecular weight is 235 g/mol. The van der Waals surface area contributed by atoms with E-state index < -0.39 is 12.3 Å². The summed E-state index contributed by atoms with van der Waals surface area (Å²) in [6, 6.07) is 8.58. The van der Waals surface area contributed by atoms with Crippen LogP contribution in [0.15, 0.2) is 24.3 Å². The van der Waals surface area contributed by atoms with E-state index in [0.29, 0.717) is 11.3 Å². The third-order valence-corrected chi connectivity index (χ3v) is 2.01. The van der Waals surface area contributed by atoms with Crippen LogP contribution < -0.4 is 4.74 Å². The fourth-order valence-corrected chi connectivity index (χ4v) is 1.20. The topological polar surface area (TPSA) is 68.5 Å². The fraction of sp³-hybridized carbons (Fsp3) is 0.333. The number of methoxy groups -OCH3 is 1. The molecule has 0 heterocycles. The molecule has 0 saturated carbocycles. The Labute approximate surface area is 99.5 Å². The lowest BCUT2D eigenvalue weighted by molar-refractivity contribution is 0.0421. The van der Waals surface area contributed by atoms with Crippen LogP contribution in [0.5, 0.6) is 5.75 Å². The van der Waals surface area contributed by atoms with Crippen molar-refractivity contribution < 1.29 is 19.0 Å². The van der Waals surface area contributed by atoms with E-state index >= 15 is 0 Å². The van der Waals surface area contributed by atoms with Gasteiger partial charge >= 0.3 is 6.16 Å². The van der Waals surface area contributed by atoms with Crippen LogP contribution in [-0.4, -0.2) is 19.9 Å². The van der Waals surface area contributed by atoms with Gasteiger partial charge in [0.05, 0.1) is 13.7 Å². The monoisotopic (exact) mass is 235 g/mol. The first-order valence-corrected chi connectivity index (χ1v) is 5.08. The zero-order chi connectivity index (χ0) is 12.7. The van der Waals surface area contributed by atoms with Crippen LogP contribution in [0.3, 0.4) is 0 Å². The molecule has 0 aliphatic heterocycles. The lowest BCUT2D eigenvalue weighted by Gasteiger charge is -2.11. The molecule has 0 spiro atoms. The summed E-state index contributed by atoms with van der Waals surface area (Å²) < 4.78 is 14.4. The predicted octanol–water partition coefficient (Wildman–Crippen LogP) is 2.43. The highest BCUT2D eigenvalue weighted by molar-refractivity contribution is 5.60. The van der Waals surface area contributed by atoms with Crippen molar-refractivity contribution in [1.82, 2.24) is 0 Å². The second kappa shape index (κ2) is 6.38. The summed E-state index contributed by atoms with van der Waals surface area (Å²) in [6.07, 6.45) is -1.82. The van der Waals surface area contributed by atoms with Crippen LogP contribution in [0, 0.1) is 11.3 Å². The van der Waals surface area contributed by atoms with Gasteiger partial charge < -0.3 is 14.2 Å². The average Bonchev–Trinajstić information content (AvgIpc) is 2.36. The van der Waals surface area contributed by atoms with E-state index in [1.165, 1.54) is 0 Å². The van der Waals surface area contributed by atoms with Gasteiger partial charge in [0.1, 0.15) is 11.8 Å². The molecular formula is C12H13NO4. The molecule has 1 aromatic carbocycles. The highest BCUT2D eigenvalue weighted by atomic mass is 16.7. The summed E-state index contributed by atoms with van der Waals surface area (Å²) in [4.78, 5) is 11.1. The molecule has 1 aromatic rings. The first kappa shape index (κ1) is 12.8. The molecule has 5 nitrogen and oxygen atoms in total. The molecule has 17 heavy (non-hydrogen) atoms. The third-order valence-electron chi connectivity index (χ3n) is 2.01. The number of carbonyl (C=O) groups excluding carboxylic acids is 1. The van der Waals surface area contributed by atoms with Gasteiger partial charge in [-0.1, -0.05) is 12.1 Å². The van der Waals surface area contributed by atoms with Crippen molar-refractivity contribution in [1.29, 1.82) is 5.26 Å². The van der Waals surface area contributed by atoms with E-state index in [-0.39, 0.29) is 6.61 Å². The number of ether oxygens (including phenoxy) is 3. The van der Waals surface area contributed by atoms with Gasteiger partial charge in [0, 0.05) is 5.56 Å². The van der Waals surface area contributed by atoms with Crippen molar-refractivity contribution >= 4 is 6.16 Å². The number of benzene rings is 1. The van der Waals surface area contributed by atoms with Gasteiger partial charge in [-0.3, -0.25) is 0 Å². The van der Waals surface area contributed by atoms with Gasteiger partial charge in [0.2, 0.25) is 6.10 Å². The number of nitriles is 1. The molecule has 0 radical (unpaired) electrons. The van der Waals surface area contributed by atoms with Crippen LogP contribution in [0.25, 0.3) is 0 Å². The Morgan fingerprint density at radius 1 is 1.41 bits per heavy atom. The Morgan fingerprint density at radius 3 is 2.53 bits per heavy atom. The summed E-state index contributed by atoms with van der Waals surface area (Å²) in [5.41, 5.74) is 0.571. The first-order valence-electron chi connectivity index (χ1n) is 5.08. The number of nitrogens with zero attached hydrogens (tertiary/aromatic N) is 1. The molecule has 1 atom stereocenters. The standard InChI is InChI=1S/C12H13NO4/c1-3-16-12(14)17-11(8-13)9-4-6-10(15-2)7-5-9/h4-7,11H,3H2,1-2H3/t11-/m0/s1. The molecular weight excluding hydrogens is 222 g/mol. The number of hydrogen-bond donors (Lipinski definition) is 0. The van der Waals surface area contributed by atoms with E-state index in [1.807, 2.05) is 6.07 Å². The Morgan fingerprint density at radius 2 is 2.06 bits per heavy atom. The maximum Gasteiger partial charge on any atom is 0.509 e. The third kappa shape index (κ3) is 3.68. The Balaban J connectivity index is 2.73. The summed E-state index contributed by atoms with van der Waals surface area (Å²) in [7, 11) is 1.55. The molecule has 0 aliphatic rings. The molecule has 0 N–H and O–H groups in total. The van der Waals surface area contributed by atoms with Crippen LogP contribution in [0.1, 0.15) is 18.6 Å². The predicted molar refractivity (Wildman–Crippen MR) is 59.5 cm³/mol. The lowest BCUT2D eigenvalue weighted by atomic mass is 10.1. The normalized spacial score (nSPS) is 11.1. The van der Waals surface area contributed by atoms with Crippen molar-refractivity contribution in [2.75, 3.05) is 13.7 Å². The summed E-state index contributed by atoms with van der Waals surface area (Å²) in [6.45, 7) is 1.87. The van der Waals surface area contributed by atoms with Gasteiger partial charge in [0.25, 0.3) is 0 Å². The van der Waals surface area contributed by atoms with Crippen molar-refractivity contribution in [3.8, 4) is 11.8 Å². The van der Waals surface area contributed by atoms with Crippen molar-refractivity contribution in [3.63, 3.8) is 0 Å². The number of carbonyl (C=O) groups is 1. The second-order valence-corrected chi connectivity index (χ2v) is 3.08. The summed E-state index contributed by atoms with van der Waals surface area (Å²) in [5, 5.41) is 8.91. The second-order valence-electron chi connectivity index (χ2n) is 3.08. The minimum atomic E-state index is -0.972. The molecule has 1 rings (SSSR count). The van der Waals surface area contributed by atoms with Crippen LogP contribution >= 0.6 is 0 Å². The van der Waals surface area contributed by atoms with Crippen LogP contribution in [0.4, 0.5) is 4.79 Å². The zero-order valence-electron chi connectivity index (χ0n) is 9.67. The number of rotatable bonds is 4. The first-order chi connectivity index (χ1) is 8.21. The Hall–Kier alpha value is -2.22. The molecule has 5 heteroatoms. The zero-order valence-corrected chi connectivity index (χ0v) is 9.67. The van der Waals surface area contributed by atoms with Gasteiger partial charge in [-0.15, -0.1) is 0 Å². The molecule has 0 fully saturated rings. The Bertz CT molecular complexity index is 408. The van der Waals surface area contributed by atoms with Crippen molar-refractivity contribution in [2.24, 2.45) is 0 Å². The van der Waals surface area contributed by atoms with E-state index in [4.69, 9.17) is 14.7 Å². The molecule has 0 bridgehead atoms. The van der Waals surface area contributed by atoms with Crippen molar-refractivity contribution in [3.05, 3.63) is 29.8 Å². The Kier molecular flexibility index (Phi) is 4.82. The smallest absolute Gasteiger partial charge is 0.497 e. The van der Waals surface area contributed by atoms with Gasteiger partial charge in [-0.25, -0.2) is 4.79 Å². The lowest BCUT2D eigenvalue weighted by Crippen LogP contribution is -2.11. The highest BCUT2D eigenvalue weighted by Crippen LogP contribution is 2.20. The fourth-order valence-electron chi connectivity index (χ4n) is 1.20. The van der Waals surface area contributed by atoms with Gasteiger partial charge in [-0.2, -0.15) is 5.26 Å². The molecule has 0 unspecified atom stereocenters. The van der Waals surface area contributed by atoms with E-state index in [1.54, 1.807) is 38.3 Å². The molecule has 0 saturated heterocycles. The molecule has 0 amide bonds. The summed E-state index contributed by atoms with van der Waals surface area (Å²) >= 11 is 0. The maximum absolute atomic E-state index is 11.1. The van der Waals surface area contributed by atoms with Crippen molar-refractivity contribution in [2.45, 2.75) is 13.0 Å². The van der Waals surface area contributed by atoms with Gasteiger partial charge in [-0.05, 0) is 19.1 Å². The molecule has 0 aromatic heterocycles. The molecule has 0 aliphatic carbocycles. The SMILES string of the molecule is CCOC(=O)O[C@@H](C#N)c1ccc(OC)cc1. The van der Waals surface area contributed by atoms with E-state index in [2.05, 4.69) is 4.74 Å². The highest BCUT2D eigenvalue weighted by Gasteiger charge is 2.16. The minimum absolute atomic E-state index is 0.208.